The lowest BCUT2D eigenvalue weighted by atomic mass is 10.1. The van der Waals surface area contributed by atoms with Crippen LogP contribution in [0.15, 0.2) is 48.5 Å². The number of ether oxygens (including phenoxy) is 1. The van der Waals surface area contributed by atoms with Crippen molar-refractivity contribution < 1.29 is 22.7 Å². The number of hydrogen-bond acceptors (Lipinski definition) is 5. The van der Waals surface area contributed by atoms with Crippen molar-refractivity contribution in [3.63, 3.8) is 0 Å². The standard InChI is InChI=1S/C22H29N3O5S/c1-5-17-8-6-7-9-20(17)23-21(26)14-25(4)22(27)15-31(28,29)24-18-10-12-19(13-11-18)30-16(2)3/h6-13,16,24H,5,14-15H2,1-4H3,(H,23,26). The first kappa shape index (κ1) is 24.2. The fraction of sp³-hybridized carbons (Fsp3) is 0.364. The van der Waals surface area contributed by atoms with Crippen molar-refractivity contribution in [3.05, 3.63) is 54.1 Å². The van der Waals surface area contributed by atoms with Gasteiger partial charge < -0.3 is 15.0 Å². The van der Waals surface area contributed by atoms with Crippen LogP contribution in [-0.4, -0.2) is 50.6 Å². The number of rotatable bonds is 10. The zero-order chi connectivity index (χ0) is 23.0. The van der Waals surface area contributed by atoms with Crippen LogP contribution in [0.2, 0.25) is 0 Å². The summed E-state index contributed by atoms with van der Waals surface area (Å²) in [5, 5.41) is 2.76. The molecular weight excluding hydrogens is 418 g/mol. The molecule has 8 nitrogen and oxygen atoms in total. The fourth-order valence-corrected chi connectivity index (χ4v) is 3.92. The molecule has 2 N–H and O–H groups in total. The molecule has 31 heavy (non-hydrogen) atoms. The predicted octanol–water partition coefficient (Wildman–Crippen LogP) is 2.88. The van der Waals surface area contributed by atoms with E-state index in [1.165, 1.54) is 7.05 Å². The highest BCUT2D eigenvalue weighted by molar-refractivity contribution is 7.93. The van der Waals surface area contributed by atoms with E-state index in [9.17, 15) is 18.0 Å². The summed E-state index contributed by atoms with van der Waals surface area (Å²) in [5.41, 5.74) is 1.97. The minimum absolute atomic E-state index is 0.00310. The lowest BCUT2D eigenvalue weighted by molar-refractivity contribution is -0.131. The van der Waals surface area contributed by atoms with Crippen LogP contribution in [0.1, 0.15) is 26.3 Å². The second kappa shape index (κ2) is 10.8. The predicted molar refractivity (Wildman–Crippen MR) is 122 cm³/mol. The molecule has 0 spiro atoms. The summed E-state index contributed by atoms with van der Waals surface area (Å²) >= 11 is 0. The number of sulfonamides is 1. The fourth-order valence-electron chi connectivity index (χ4n) is 2.81. The van der Waals surface area contributed by atoms with E-state index in [1.54, 1.807) is 30.3 Å². The molecule has 0 fully saturated rings. The molecule has 0 saturated heterocycles. The third-order valence-corrected chi connectivity index (χ3v) is 5.47. The second-order valence-electron chi connectivity index (χ2n) is 7.36. The first-order valence-corrected chi connectivity index (χ1v) is 11.6. The van der Waals surface area contributed by atoms with Crippen molar-refractivity contribution in [2.45, 2.75) is 33.3 Å². The molecule has 0 radical (unpaired) electrons. The molecule has 168 valence electrons. The average molecular weight is 448 g/mol. The lowest BCUT2D eigenvalue weighted by Crippen LogP contribution is -2.39. The van der Waals surface area contributed by atoms with Gasteiger partial charge in [-0.25, -0.2) is 8.42 Å². The van der Waals surface area contributed by atoms with Gasteiger partial charge in [-0.1, -0.05) is 25.1 Å². The Morgan fingerprint density at radius 1 is 1.06 bits per heavy atom. The number of hydrogen-bond donors (Lipinski definition) is 2. The zero-order valence-electron chi connectivity index (χ0n) is 18.2. The van der Waals surface area contributed by atoms with E-state index in [0.29, 0.717) is 17.1 Å². The summed E-state index contributed by atoms with van der Waals surface area (Å²) in [4.78, 5) is 25.7. The van der Waals surface area contributed by atoms with Crippen LogP contribution in [0.4, 0.5) is 11.4 Å². The summed E-state index contributed by atoms with van der Waals surface area (Å²) in [7, 11) is -2.54. The number of likely N-dealkylation sites (N-methyl/N-ethyl adjacent to an activating group) is 1. The number of amides is 2. The van der Waals surface area contributed by atoms with Gasteiger partial charge in [0.05, 0.1) is 12.6 Å². The van der Waals surface area contributed by atoms with Gasteiger partial charge in [-0.3, -0.25) is 14.3 Å². The van der Waals surface area contributed by atoms with Crippen LogP contribution in [0.3, 0.4) is 0 Å². The van der Waals surface area contributed by atoms with Crippen molar-refractivity contribution in [2.75, 3.05) is 29.4 Å². The molecule has 0 aromatic heterocycles. The number of carbonyl (C=O) groups is 2. The average Bonchev–Trinajstić information content (AvgIpc) is 2.68. The van der Waals surface area contributed by atoms with Crippen molar-refractivity contribution in [1.29, 1.82) is 0 Å². The number of anilines is 2. The maximum Gasteiger partial charge on any atom is 0.243 e. The topological polar surface area (TPSA) is 105 Å². The number of aryl methyl sites for hydroxylation is 1. The number of nitrogens with one attached hydrogen (secondary N) is 2. The Balaban J connectivity index is 1.91. The van der Waals surface area contributed by atoms with E-state index in [0.717, 1.165) is 16.9 Å². The maximum atomic E-state index is 12.3. The first-order chi connectivity index (χ1) is 14.6. The van der Waals surface area contributed by atoms with Gasteiger partial charge >= 0.3 is 0 Å². The highest BCUT2D eigenvalue weighted by Gasteiger charge is 2.21. The summed E-state index contributed by atoms with van der Waals surface area (Å²) in [6, 6.07) is 13.8. The highest BCUT2D eigenvalue weighted by Crippen LogP contribution is 2.18. The third kappa shape index (κ3) is 7.93. The van der Waals surface area contributed by atoms with Crippen LogP contribution >= 0.6 is 0 Å². The molecule has 0 aliphatic rings. The van der Waals surface area contributed by atoms with Crippen LogP contribution in [0, 0.1) is 0 Å². The summed E-state index contributed by atoms with van der Waals surface area (Å²) in [5.74, 6) is -1.24. The van der Waals surface area contributed by atoms with E-state index in [-0.39, 0.29) is 12.6 Å². The zero-order valence-corrected chi connectivity index (χ0v) is 19.0. The molecule has 2 amide bonds. The van der Waals surface area contributed by atoms with Crippen LogP contribution < -0.4 is 14.8 Å². The van der Waals surface area contributed by atoms with Crippen molar-refractivity contribution in [1.82, 2.24) is 4.90 Å². The van der Waals surface area contributed by atoms with E-state index in [2.05, 4.69) is 10.0 Å². The molecule has 0 aliphatic carbocycles. The van der Waals surface area contributed by atoms with E-state index in [4.69, 9.17) is 4.74 Å². The summed E-state index contributed by atoms with van der Waals surface area (Å²) in [6.07, 6.45) is 0.753. The van der Waals surface area contributed by atoms with Gasteiger partial charge in [-0.2, -0.15) is 0 Å². The van der Waals surface area contributed by atoms with Crippen LogP contribution in [-0.2, 0) is 26.0 Å². The minimum atomic E-state index is -3.93. The second-order valence-corrected chi connectivity index (χ2v) is 9.08. The van der Waals surface area contributed by atoms with E-state index in [1.807, 2.05) is 39.0 Å². The molecule has 0 bridgehead atoms. The molecule has 0 heterocycles. The molecule has 2 aromatic carbocycles. The Bertz CT molecular complexity index is 1000. The number of benzene rings is 2. The van der Waals surface area contributed by atoms with E-state index >= 15 is 0 Å². The van der Waals surface area contributed by atoms with Gasteiger partial charge in [0, 0.05) is 18.4 Å². The van der Waals surface area contributed by atoms with Crippen molar-refractivity contribution >= 4 is 33.2 Å². The number of nitrogens with zero attached hydrogens (tertiary/aromatic N) is 1. The molecule has 0 atom stereocenters. The lowest BCUT2D eigenvalue weighted by Gasteiger charge is -2.18. The van der Waals surface area contributed by atoms with Crippen LogP contribution in [0.25, 0.3) is 0 Å². The maximum absolute atomic E-state index is 12.3. The number of carbonyl (C=O) groups excluding carboxylic acids is 2. The Morgan fingerprint density at radius 2 is 1.71 bits per heavy atom. The Morgan fingerprint density at radius 3 is 2.32 bits per heavy atom. The molecule has 2 rings (SSSR count). The Kier molecular flexibility index (Phi) is 8.44. The largest absolute Gasteiger partial charge is 0.491 e. The smallest absolute Gasteiger partial charge is 0.243 e. The van der Waals surface area contributed by atoms with Crippen LogP contribution in [0.5, 0.6) is 5.75 Å². The van der Waals surface area contributed by atoms with Crippen molar-refractivity contribution in [3.8, 4) is 5.75 Å². The molecule has 0 unspecified atom stereocenters. The molecular formula is C22H29N3O5S. The monoisotopic (exact) mass is 447 g/mol. The molecule has 9 heteroatoms. The first-order valence-electron chi connectivity index (χ1n) is 9.98. The molecule has 2 aromatic rings. The van der Waals surface area contributed by atoms with Crippen molar-refractivity contribution in [2.24, 2.45) is 0 Å². The number of para-hydroxylation sites is 1. The summed E-state index contributed by atoms with van der Waals surface area (Å²) in [6.45, 7) is 5.50. The highest BCUT2D eigenvalue weighted by atomic mass is 32.2. The Labute approximate surface area is 183 Å². The minimum Gasteiger partial charge on any atom is -0.491 e. The third-order valence-electron chi connectivity index (χ3n) is 4.29. The van der Waals surface area contributed by atoms with Gasteiger partial charge in [0.2, 0.25) is 21.8 Å². The molecule has 0 saturated carbocycles. The normalized spacial score (nSPS) is 11.1. The SMILES string of the molecule is CCc1ccccc1NC(=O)CN(C)C(=O)CS(=O)(=O)Nc1ccc(OC(C)C)cc1. The van der Waals surface area contributed by atoms with Gasteiger partial charge in [0.1, 0.15) is 11.5 Å². The quantitative estimate of drug-likeness (QED) is 0.583. The van der Waals surface area contributed by atoms with Gasteiger partial charge in [0.25, 0.3) is 0 Å². The van der Waals surface area contributed by atoms with Gasteiger partial charge in [0.15, 0.2) is 0 Å². The van der Waals surface area contributed by atoms with Gasteiger partial charge in [-0.05, 0) is 56.2 Å². The van der Waals surface area contributed by atoms with E-state index < -0.39 is 27.6 Å². The summed E-state index contributed by atoms with van der Waals surface area (Å²) < 4.78 is 32.6. The Hall–Kier alpha value is -3.07. The van der Waals surface area contributed by atoms with Gasteiger partial charge in [-0.15, -0.1) is 0 Å². The molecule has 0 aliphatic heterocycles.